The highest BCUT2D eigenvalue weighted by atomic mass is 15.3. The van der Waals surface area contributed by atoms with Crippen molar-refractivity contribution in [3.63, 3.8) is 0 Å². The van der Waals surface area contributed by atoms with Crippen LogP contribution in [-0.2, 0) is 18.5 Å². The lowest BCUT2D eigenvalue weighted by molar-refractivity contribution is 0.299. The predicted octanol–water partition coefficient (Wildman–Crippen LogP) is 4.52. The van der Waals surface area contributed by atoms with Crippen molar-refractivity contribution in [1.29, 1.82) is 0 Å². The van der Waals surface area contributed by atoms with E-state index in [0.717, 1.165) is 59.5 Å². The Morgan fingerprint density at radius 3 is 2.84 bits per heavy atom. The van der Waals surface area contributed by atoms with Crippen LogP contribution >= 0.6 is 0 Å². The van der Waals surface area contributed by atoms with Crippen LogP contribution in [0.1, 0.15) is 24.2 Å². The van der Waals surface area contributed by atoms with Gasteiger partial charge in [-0.25, -0.2) is 0 Å². The molecular weight excluding hydrogens is 396 g/mol. The number of hydrogen-bond donors (Lipinski definition) is 1. The first-order valence-corrected chi connectivity index (χ1v) is 11.4. The summed E-state index contributed by atoms with van der Waals surface area (Å²) in [4.78, 5) is 7.20. The summed E-state index contributed by atoms with van der Waals surface area (Å²) in [7, 11) is 0. The lowest BCUT2D eigenvalue weighted by Gasteiger charge is -2.23. The molecule has 2 aliphatic heterocycles. The van der Waals surface area contributed by atoms with Crippen LogP contribution in [0.15, 0.2) is 66.9 Å². The Morgan fingerprint density at radius 1 is 0.969 bits per heavy atom. The minimum Gasteiger partial charge on any atom is -0.296 e. The second kappa shape index (κ2) is 6.74. The predicted molar refractivity (Wildman–Crippen MR) is 125 cm³/mol. The minimum atomic E-state index is 0.196. The first-order chi connectivity index (χ1) is 15.8. The van der Waals surface area contributed by atoms with Gasteiger partial charge in [-0.05, 0) is 43.7 Å². The SMILES string of the molecule is c1ccc2ncc(-c3cc4n(n3)CCC43CCN(Cc4n[nH]c5ccccc45)C3)cc2c1. The molecule has 6 heteroatoms. The van der Waals surface area contributed by atoms with Crippen molar-refractivity contribution in [2.75, 3.05) is 13.1 Å². The van der Waals surface area contributed by atoms with Gasteiger partial charge >= 0.3 is 0 Å². The van der Waals surface area contributed by atoms with E-state index >= 15 is 0 Å². The number of H-pyrrole nitrogens is 1. The zero-order valence-corrected chi connectivity index (χ0v) is 17.8. The van der Waals surface area contributed by atoms with Gasteiger partial charge in [-0.15, -0.1) is 0 Å². The number of likely N-dealkylation sites (tertiary alicyclic amines) is 1. The van der Waals surface area contributed by atoms with E-state index < -0.39 is 0 Å². The van der Waals surface area contributed by atoms with E-state index in [-0.39, 0.29) is 5.41 Å². The third-order valence-electron chi connectivity index (χ3n) is 7.37. The molecule has 2 aliphatic rings. The normalized spacial score (nSPS) is 20.6. The number of aromatic amines is 1. The molecule has 0 radical (unpaired) electrons. The molecule has 0 amide bonds. The summed E-state index contributed by atoms with van der Waals surface area (Å²) in [5.74, 6) is 0. The summed E-state index contributed by atoms with van der Waals surface area (Å²) in [6.45, 7) is 4.05. The van der Waals surface area contributed by atoms with Gasteiger partial charge in [0.1, 0.15) is 0 Å². The van der Waals surface area contributed by atoms with Crippen molar-refractivity contribution in [2.45, 2.75) is 31.3 Å². The van der Waals surface area contributed by atoms with Gasteiger partial charge in [0, 0.05) is 53.3 Å². The van der Waals surface area contributed by atoms with Crippen molar-refractivity contribution < 1.29 is 0 Å². The van der Waals surface area contributed by atoms with Gasteiger partial charge in [-0.3, -0.25) is 19.7 Å². The molecule has 0 bridgehead atoms. The Bertz CT molecular complexity index is 1460. The van der Waals surface area contributed by atoms with Gasteiger partial charge in [-0.2, -0.15) is 10.2 Å². The maximum Gasteiger partial charge on any atom is 0.0941 e. The Morgan fingerprint density at radius 2 is 1.84 bits per heavy atom. The number of nitrogens with zero attached hydrogens (tertiary/aromatic N) is 5. The number of pyridine rings is 1. The van der Waals surface area contributed by atoms with Crippen LogP contribution in [0.3, 0.4) is 0 Å². The highest BCUT2D eigenvalue weighted by Gasteiger charge is 2.45. The maximum atomic E-state index is 4.97. The van der Waals surface area contributed by atoms with Crippen molar-refractivity contribution >= 4 is 21.8 Å². The molecule has 5 aromatic rings. The summed E-state index contributed by atoms with van der Waals surface area (Å²) < 4.78 is 2.23. The second-order valence-electron chi connectivity index (χ2n) is 9.26. The molecule has 2 aromatic carbocycles. The van der Waals surface area contributed by atoms with Crippen LogP contribution in [0, 0.1) is 0 Å². The Balaban J connectivity index is 1.17. The number of para-hydroxylation sites is 2. The van der Waals surface area contributed by atoms with Crippen LogP contribution in [0.4, 0.5) is 0 Å². The van der Waals surface area contributed by atoms with E-state index in [4.69, 9.17) is 5.10 Å². The zero-order valence-electron chi connectivity index (χ0n) is 17.8. The number of hydrogen-bond acceptors (Lipinski definition) is 4. The van der Waals surface area contributed by atoms with Crippen molar-refractivity contribution in [1.82, 2.24) is 29.9 Å². The lowest BCUT2D eigenvalue weighted by atomic mass is 9.82. The van der Waals surface area contributed by atoms with Crippen LogP contribution < -0.4 is 0 Å². The smallest absolute Gasteiger partial charge is 0.0941 e. The fourth-order valence-electron chi connectivity index (χ4n) is 5.67. The highest BCUT2D eigenvalue weighted by Crippen LogP contribution is 2.44. The largest absolute Gasteiger partial charge is 0.296 e. The first-order valence-electron chi connectivity index (χ1n) is 11.4. The van der Waals surface area contributed by atoms with Crippen LogP contribution in [0.5, 0.6) is 0 Å². The second-order valence-corrected chi connectivity index (χ2v) is 9.26. The summed E-state index contributed by atoms with van der Waals surface area (Å²) in [6.07, 6.45) is 4.30. The fourth-order valence-corrected chi connectivity index (χ4v) is 5.67. The molecule has 32 heavy (non-hydrogen) atoms. The topological polar surface area (TPSA) is 62.6 Å². The number of aromatic nitrogens is 5. The molecule has 1 unspecified atom stereocenters. The van der Waals surface area contributed by atoms with Gasteiger partial charge in [0.25, 0.3) is 0 Å². The lowest BCUT2D eigenvalue weighted by Crippen LogP contribution is -2.29. The molecule has 1 saturated heterocycles. The van der Waals surface area contributed by atoms with Crippen molar-refractivity contribution in [3.8, 4) is 11.3 Å². The first kappa shape index (κ1) is 18.1. The minimum absolute atomic E-state index is 0.196. The van der Waals surface area contributed by atoms with Crippen LogP contribution in [0.25, 0.3) is 33.1 Å². The standard InChI is InChI=1S/C26H24N6/c1-3-7-21-18(5-1)13-19(15-27-21)23-14-25-26(10-12-32(25)30-23)9-11-31(17-26)16-24-20-6-2-4-8-22(20)28-29-24/h1-8,13-15H,9-12,16-17H2,(H,28,29). The average Bonchev–Trinajstić information content (AvgIpc) is 3.60. The van der Waals surface area contributed by atoms with Gasteiger partial charge in [0.05, 0.1) is 22.4 Å². The van der Waals surface area contributed by atoms with E-state index in [9.17, 15) is 0 Å². The number of aryl methyl sites for hydroxylation is 1. The number of rotatable bonds is 3. The summed E-state index contributed by atoms with van der Waals surface area (Å²) >= 11 is 0. The molecule has 1 fully saturated rings. The third-order valence-corrected chi connectivity index (χ3v) is 7.37. The molecule has 1 atom stereocenters. The molecule has 5 heterocycles. The van der Waals surface area contributed by atoms with Gasteiger partial charge < -0.3 is 0 Å². The van der Waals surface area contributed by atoms with E-state index in [0.29, 0.717) is 0 Å². The number of fused-ring (bicyclic) bond motifs is 4. The Kier molecular flexibility index (Phi) is 3.81. The van der Waals surface area contributed by atoms with Crippen LogP contribution in [0.2, 0.25) is 0 Å². The van der Waals surface area contributed by atoms with E-state index in [1.54, 1.807) is 0 Å². The van der Waals surface area contributed by atoms with Gasteiger partial charge in [-0.1, -0.05) is 36.4 Å². The molecule has 158 valence electrons. The van der Waals surface area contributed by atoms with Gasteiger partial charge in [0.2, 0.25) is 0 Å². The van der Waals surface area contributed by atoms with Crippen LogP contribution in [-0.4, -0.2) is 43.0 Å². The highest BCUT2D eigenvalue weighted by molar-refractivity contribution is 5.83. The fraction of sp³-hybridized carbons (Fsp3) is 0.269. The Hall–Kier alpha value is -3.51. The summed E-state index contributed by atoms with van der Waals surface area (Å²) in [5.41, 5.74) is 7.00. The molecule has 0 aliphatic carbocycles. The molecule has 7 rings (SSSR count). The monoisotopic (exact) mass is 420 g/mol. The van der Waals surface area contributed by atoms with Gasteiger partial charge in [0.15, 0.2) is 0 Å². The summed E-state index contributed by atoms with van der Waals surface area (Å²) in [5, 5.41) is 15.1. The molecule has 0 saturated carbocycles. The maximum absolute atomic E-state index is 4.97. The van der Waals surface area contributed by atoms with E-state index in [1.165, 1.54) is 23.9 Å². The Labute approximate surface area is 185 Å². The number of benzene rings is 2. The van der Waals surface area contributed by atoms with Crippen molar-refractivity contribution in [2.24, 2.45) is 0 Å². The number of nitrogens with one attached hydrogen (secondary N) is 1. The van der Waals surface area contributed by atoms with E-state index in [1.807, 2.05) is 12.3 Å². The molecular formula is C26H24N6. The molecule has 3 aromatic heterocycles. The van der Waals surface area contributed by atoms with E-state index in [2.05, 4.69) is 79.4 Å². The molecule has 1 N–H and O–H groups in total. The third kappa shape index (κ3) is 2.72. The zero-order chi connectivity index (χ0) is 21.1. The summed E-state index contributed by atoms with van der Waals surface area (Å²) in [6, 6.07) is 21.2. The quantitative estimate of drug-likeness (QED) is 0.466. The molecule has 6 nitrogen and oxygen atoms in total. The van der Waals surface area contributed by atoms with Crippen molar-refractivity contribution in [3.05, 3.63) is 78.2 Å². The average molecular weight is 421 g/mol. The molecule has 1 spiro atoms.